The minimum absolute atomic E-state index is 0.0807. The van der Waals surface area contributed by atoms with Crippen molar-refractivity contribution in [1.29, 1.82) is 0 Å². The van der Waals surface area contributed by atoms with E-state index in [2.05, 4.69) is 0 Å². The molecule has 0 bridgehead atoms. The topological polar surface area (TPSA) is 59.1 Å². The number of rotatable bonds is 4. The fourth-order valence-electron chi connectivity index (χ4n) is 3.81. The van der Waals surface area contributed by atoms with Gasteiger partial charge in [-0.1, -0.05) is 12.1 Å². The van der Waals surface area contributed by atoms with Gasteiger partial charge in [0.2, 0.25) is 12.7 Å². The third-order valence-corrected chi connectivity index (χ3v) is 6.74. The number of fused-ring (bicyclic) bond motifs is 1. The van der Waals surface area contributed by atoms with Gasteiger partial charge in [-0.2, -0.15) is 0 Å². The molecular weight excluding hydrogens is 443 g/mol. The van der Waals surface area contributed by atoms with Crippen LogP contribution >= 0.6 is 11.3 Å². The molecule has 168 valence electrons. The summed E-state index contributed by atoms with van der Waals surface area (Å²) in [6, 6.07) is 15.4. The second kappa shape index (κ2) is 9.07. The number of benzene rings is 2. The first-order chi connectivity index (χ1) is 16.1. The lowest BCUT2D eigenvalue weighted by Crippen LogP contribution is -2.50. The van der Waals surface area contributed by atoms with E-state index in [1.165, 1.54) is 23.5 Å². The van der Waals surface area contributed by atoms with Crippen molar-refractivity contribution in [2.75, 3.05) is 33.0 Å². The predicted octanol–water partition coefficient (Wildman–Crippen LogP) is 4.28. The van der Waals surface area contributed by atoms with Crippen molar-refractivity contribution >= 4 is 29.2 Å². The van der Waals surface area contributed by atoms with Crippen molar-refractivity contribution in [3.63, 3.8) is 0 Å². The molecule has 5 rings (SSSR count). The molecule has 0 saturated carbocycles. The number of carbonyl (C=O) groups excluding carboxylic acids is 2. The van der Waals surface area contributed by atoms with E-state index in [4.69, 9.17) is 9.47 Å². The normalized spacial score (nSPS) is 15.3. The third kappa shape index (κ3) is 4.61. The standard InChI is InChI=1S/C25H21FN2O4S/c26-19-4-1-17(2-5-19)23-9-6-20(33-23)7-10-24(29)27-11-13-28(14-12-27)25(30)18-3-8-21-22(15-18)32-16-31-21/h1-10,15H,11-14,16H2. The van der Waals surface area contributed by atoms with Crippen LogP contribution in [0.5, 0.6) is 11.5 Å². The zero-order chi connectivity index (χ0) is 22.8. The Kier molecular flexibility index (Phi) is 5.83. The highest BCUT2D eigenvalue weighted by atomic mass is 32.1. The summed E-state index contributed by atoms with van der Waals surface area (Å²) in [5.41, 5.74) is 1.49. The zero-order valence-electron chi connectivity index (χ0n) is 17.7. The van der Waals surface area contributed by atoms with Crippen LogP contribution in [0, 0.1) is 5.82 Å². The quantitative estimate of drug-likeness (QED) is 0.541. The van der Waals surface area contributed by atoms with Crippen molar-refractivity contribution in [1.82, 2.24) is 9.80 Å². The molecule has 0 unspecified atom stereocenters. The van der Waals surface area contributed by atoms with Gasteiger partial charge in [-0.25, -0.2) is 4.39 Å². The van der Waals surface area contributed by atoms with Crippen LogP contribution in [0.4, 0.5) is 4.39 Å². The first-order valence-electron chi connectivity index (χ1n) is 10.6. The fraction of sp³-hybridized carbons (Fsp3) is 0.200. The highest BCUT2D eigenvalue weighted by Gasteiger charge is 2.25. The van der Waals surface area contributed by atoms with E-state index in [-0.39, 0.29) is 24.4 Å². The van der Waals surface area contributed by atoms with Gasteiger partial charge >= 0.3 is 0 Å². The van der Waals surface area contributed by atoms with E-state index < -0.39 is 0 Å². The van der Waals surface area contributed by atoms with Gasteiger partial charge in [-0.15, -0.1) is 11.3 Å². The van der Waals surface area contributed by atoms with Crippen LogP contribution < -0.4 is 9.47 Å². The minimum Gasteiger partial charge on any atom is -0.454 e. The molecule has 0 spiro atoms. The molecule has 1 fully saturated rings. The molecule has 1 saturated heterocycles. The molecular formula is C25H21FN2O4S. The van der Waals surface area contributed by atoms with Crippen molar-refractivity contribution < 1.29 is 23.5 Å². The number of nitrogens with zero attached hydrogens (tertiary/aromatic N) is 2. The SMILES string of the molecule is O=C(C=Cc1ccc(-c2ccc(F)cc2)s1)N1CCN(C(=O)c2ccc3c(c2)OCO3)CC1. The van der Waals surface area contributed by atoms with Crippen molar-refractivity contribution in [3.8, 4) is 21.9 Å². The Morgan fingerprint density at radius 3 is 2.39 bits per heavy atom. The number of thiophene rings is 1. The highest BCUT2D eigenvalue weighted by molar-refractivity contribution is 7.16. The molecule has 2 amide bonds. The number of hydrogen-bond donors (Lipinski definition) is 0. The maximum absolute atomic E-state index is 13.1. The molecule has 6 nitrogen and oxygen atoms in total. The maximum atomic E-state index is 13.1. The summed E-state index contributed by atoms with van der Waals surface area (Å²) < 4.78 is 23.8. The fourth-order valence-corrected chi connectivity index (χ4v) is 4.73. The molecule has 2 aliphatic heterocycles. The number of halogens is 1. The largest absolute Gasteiger partial charge is 0.454 e. The first-order valence-corrected chi connectivity index (χ1v) is 11.4. The first kappa shape index (κ1) is 21.2. The van der Waals surface area contributed by atoms with E-state index in [0.717, 1.165) is 15.3 Å². The van der Waals surface area contributed by atoms with E-state index in [1.807, 2.05) is 12.1 Å². The lowest BCUT2D eigenvalue weighted by atomic mass is 10.1. The molecule has 8 heteroatoms. The Bertz CT molecular complexity index is 1210. The molecule has 1 aromatic heterocycles. The molecule has 0 radical (unpaired) electrons. The Labute approximate surface area is 194 Å². The van der Waals surface area contributed by atoms with E-state index in [9.17, 15) is 14.0 Å². The summed E-state index contributed by atoms with van der Waals surface area (Å²) in [5.74, 6) is 0.795. The molecule has 3 heterocycles. The number of amides is 2. The second-order valence-electron chi connectivity index (χ2n) is 7.73. The predicted molar refractivity (Wildman–Crippen MR) is 124 cm³/mol. The molecule has 2 aromatic carbocycles. The monoisotopic (exact) mass is 464 g/mol. The Morgan fingerprint density at radius 2 is 1.61 bits per heavy atom. The third-order valence-electron chi connectivity index (χ3n) is 5.64. The lowest BCUT2D eigenvalue weighted by molar-refractivity contribution is -0.127. The molecule has 3 aromatic rings. The second-order valence-corrected chi connectivity index (χ2v) is 8.84. The zero-order valence-corrected chi connectivity index (χ0v) is 18.5. The Morgan fingerprint density at radius 1 is 0.879 bits per heavy atom. The van der Waals surface area contributed by atoms with Crippen molar-refractivity contribution in [3.05, 3.63) is 76.9 Å². The average Bonchev–Trinajstić information content (AvgIpc) is 3.52. The maximum Gasteiger partial charge on any atom is 0.254 e. The molecule has 2 aliphatic rings. The van der Waals surface area contributed by atoms with Crippen LogP contribution in [0.3, 0.4) is 0 Å². The van der Waals surface area contributed by atoms with Gasteiger partial charge in [-0.3, -0.25) is 9.59 Å². The smallest absolute Gasteiger partial charge is 0.254 e. The summed E-state index contributed by atoms with van der Waals surface area (Å²) in [7, 11) is 0. The highest BCUT2D eigenvalue weighted by Crippen LogP contribution is 2.33. The van der Waals surface area contributed by atoms with Crippen LogP contribution in [0.25, 0.3) is 16.5 Å². The van der Waals surface area contributed by atoms with Gasteiger partial charge in [-0.05, 0) is 54.1 Å². The molecule has 33 heavy (non-hydrogen) atoms. The Balaban J connectivity index is 1.16. The van der Waals surface area contributed by atoms with E-state index in [1.54, 1.807) is 52.3 Å². The van der Waals surface area contributed by atoms with Crippen LogP contribution in [-0.2, 0) is 4.79 Å². The van der Waals surface area contributed by atoms with Gasteiger partial charge in [0.15, 0.2) is 11.5 Å². The summed E-state index contributed by atoms with van der Waals surface area (Å²) in [6.07, 6.45) is 3.36. The number of carbonyl (C=O) groups is 2. The minimum atomic E-state index is -0.265. The summed E-state index contributed by atoms with van der Waals surface area (Å²) in [5, 5.41) is 0. The van der Waals surface area contributed by atoms with Crippen molar-refractivity contribution in [2.45, 2.75) is 0 Å². The average molecular weight is 465 g/mol. The van der Waals surface area contributed by atoms with Crippen LogP contribution in [0.2, 0.25) is 0 Å². The van der Waals surface area contributed by atoms with Gasteiger partial charge in [0.05, 0.1) is 0 Å². The summed E-state index contributed by atoms with van der Waals surface area (Å²) >= 11 is 1.54. The molecule has 0 aliphatic carbocycles. The summed E-state index contributed by atoms with van der Waals surface area (Å²) in [4.78, 5) is 30.9. The number of hydrogen-bond acceptors (Lipinski definition) is 5. The van der Waals surface area contributed by atoms with Crippen LogP contribution in [0.1, 0.15) is 15.2 Å². The molecule has 0 N–H and O–H groups in total. The Hall–Kier alpha value is -3.65. The van der Waals surface area contributed by atoms with Crippen molar-refractivity contribution in [2.24, 2.45) is 0 Å². The number of ether oxygens (including phenoxy) is 2. The van der Waals surface area contributed by atoms with Crippen LogP contribution in [0.15, 0.2) is 60.7 Å². The van der Waals surface area contributed by atoms with E-state index in [0.29, 0.717) is 43.2 Å². The van der Waals surface area contributed by atoms with Gasteiger partial charge < -0.3 is 19.3 Å². The number of piperazine rings is 1. The van der Waals surface area contributed by atoms with Gasteiger partial charge in [0, 0.05) is 47.6 Å². The van der Waals surface area contributed by atoms with Crippen LogP contribution in [-0.4, -0.2) is 54.6 Å². The van der Waals surface area contributed by atoms with Gasteiger partial charge in [0.1, 0.15) is 5.82 Å². The summed E-state index contributed by atoms with van der Waals surface area (Å²) in [6.45, 7) is 2.07. The lowest BCUT2D eigenvalue weighted by Gasteiger charge is -2.34. The molecule has 0 atom stereocenters. The van der Waals surface area contributed by atoms with Gasteiger partial charge in [0.25, 0.3) is 5.91 Å². The van der Waals surface area contributed by atoms with E-state index >= 15 is 0 Å².